The number of ether oxygens (including phenoxy) is 1. The number of benzene rings is 1. The molecule has 0 atom stereocenters. The second-order valence-electron chi connectivity index (χ2n) is 6.06. The van der Waals surface area contributed by atoms with Crippen LogP contribution in [0.2, 0.25) is 0 Å². The van der Waals surface area contributed by atoms with Crippen LogP contribution in [0.15, 0.2) is 30.3 Å². The summed E-state index contributed by atoms with van der Waals surface area (Å²) in [6.07, 6.45) is 5.99. The molecule has 1 aliphatic carbocycles. The van der Waals surface area contributed by atoms with E-state index in [1.807, 2.05) is 24.3 Å². The van der Waals surface area contributed by atoms with Gasteiger partial charge in [0, 0.05) is 22.0 Å². The van der Waals surface area contributed by atoms with Gasteiger partial charge in [-0.25, -0.2) is 0 Å². The molecule has 2 aliphatic rings. The van der Waals surface area contributed by atoms with Gasteiger partial charge in [-0.05, 0) is 31.0 Å². The van der Waals surface area contributed by atoms with E-state index in [9.17, 15) is 4.79 Å². The molecule has 1 N–H and O–H groups in total. The average molecular weight is 313 g/mol. The van der Waals surface area contributed by atoms with Gasteiger partial charge in [-0.15, -0.1) is 11.3 Å². The summed E-state index contributed by atoms with van der Waals surface area (Å²) in [5.41, 5.74) is 2.22. The number of amides is 1. The van der Waals surface area contributed by atoms with Gasteiger partial charge in [0.15, 0.2) is 0 Å². The van der Waals surface area contributed by atoms with Crippen LogP contribution >= 0.6 is 11.3 Å². The summed E-state index contributed by atoms with van der Waals surface area (Å²) in [7, 11) is 0. The lowest BCUT2D eigenvalue weighted by Crippen LogP contribution is -2.35. The molecule has 1 saturated carbocycles. The predicted molar refractivity (Wildman–Crippen MR) is 88.4 cm³/mol. The zero-order chi connectivity index (χ0) is 14.9. The number of hydrogen-bond acceptors (Lipinski definition) is 3. The highest BCUT2D eigenvalue weighted by molar-refractivity contribution is 7.17. The van der Waals surface area contributed by atoms with Gasteiger partial charge in [0.25, 0.3) is 5.91 Å². The first-order valence-electron chi connectivity index (χ1n) is 7.97. The number of para-hydroxylation sites is 1. The molecule has 1 fully saturated rings. The Bertz CT molecular complexity index is 701. The van der Waals surface area contributed by atoms with Crippen molar-refractivity contribution in [1.82, 2.24) is 5.32 Å². The molecule has 1 amide bonds. The molecule has 0 bridgehead atoms. The van der Waals surface area contributed by atoms with Gasteiger partial charge in [0.05, 0.1) is 4.88 Å². The van der Waals surface area contributed by atoms with Crippen molar-refractivity contribution in [2.75, 3.05) is 0 Å². The van der Waals surface area contributed by atoms with E-state index < -0.39 is 0 Å². The summed E-state index contributed by atoms with van der Waals surface area (Å²) in [5, 5.41) is 3.20. The Hall–Kier alpha value is -1.81. The van der Waals surface area contributed by atoms with Crippen LogP contribution in [0.3, 0.4) is 0 Å². The molecule has 22 heavy (non-hydrogen) atoms. The van der Waals surface area contributed by atoms with Gasteiger partial charge >= 0.3 is 0 Å². The van der Waals surface area contributed by atoms with Gasteiger partial charge in [0.2, 0.25) is 0 Å². The smallest absolute Gasteiger partial charge is 0.261 e. The summed E-state index contributed by atoms with van der Waals surface area (Å²) in [6.45, 7) is 0.555. The topological polar surface area (TPSA) is 38.3 Å². The van der Waals surface area contributed by atoms with E-state index >= 15 is 0 Å². The van der Waals surface area contributed by atoms with Crippen molar-refractivity contribution < 1.29 is 9.53 Å². The molecule has 1 aromatic heterocycles. The van der Waals surface area contributed by atoms with Crippen molar-refractivity contribution in [3.05, 3.63) is 40.8 Å². The van der Waals surface area contributed by atoms with E-state index in [0.29, 0.717) is 12.6 Å². The van der Waals surface area contributed by atoms with Crippen molar-refractivity contribution in [1.29, 1.82) is 0 Å². The van der Waals surface area contributed by atoms with Crippen LogP contribution in [0, 0.1) is 0 Å². The van der Waals surface area contributed by atoms with Gasteiger partial charge in [-0.2, -0.15) is 0 Å². The largest absolute Gasteiger partial charge is 0.488 e. The lowest BCUT2D eigenvalue weighted by Gasteiger charge is -2.22. The Morgan fingerprint density at radius 2 is 2.00 bits per heavy atom. The molecule has 3 nitrogen and oxygen atoms in total. The molecule has 4 heteroatoms. The molecule has 114 valence electrons. The van der Waals surface area contributed by atoms with Crippen molar-refractivity contribution >= 4 is 17.2 Å². The summed E-state index contributed by atoms with van der Waals surface area (Å²) < 4.78 is 5.77. The summed E-state index contributed by atoms with van der Waals surface area (Å²) in [4.78, 5) is 14.5. The maximum atomic E-state index is 12.5. The van der Waals surface area contributed by atoms with Gasteiger partial charge in [0.1, 0.15) is 12.4 Å². The number of carbonyl (C=O) groups excluding carboxylic acids is 1. The minimum atomic E-state index is 0.0729. The summed E-state index contributed by atoms with van der Waals surface area (Å²) in [5.74, 6) is 0.986. The minimum Gasteiger partial charge on any atom is -0.488 e. The third kappa shape index (κ3) is 2.52. The first-order chi connectivity index (χ1) is 10.8. The molecule has 0 saturated heterocycles. The Morgan fingerprint density at radius 1 is 1.18 bits per heavy atom. The normalized spacial score (nSPS) is 17.3. The predicted octanol–water partition coefficient (Wildman–Crippen LogP) is 4.37. The van der Waals surface area contributed by atoms with Gasteiger partial charge in [-0.1, -0.05) is 31.4 Å². The third-order valence-electron chi connectivity index (χ3n) is 4.49. The Kier molecular flexibility index (Phi) is 3.62. The molecule has 2 aromatic rings. The van der Waals surface area contributed by atoms with Crippen molar-refractivity contribution in [3.8, 4) is 16.2 Å². The zero-order valence-electron chi connectivity index (χ0n) is 12.4. The van der Waals surface area contributed by atoms with Crippen molar-refractivity contribution in [3.63, 3.8) is 0 Å². The number of hydrogen-bond donors (Lipinski definition) is 1. The summed E-state index contributed by atoms with van der Waals surface area (Å²) in [6, 6.07) is 10.4. The second kappa shape index (κ2) is 5.76. The highest BCUT2D eigenvalue weighted by Gasteiger charge is 2.23. The maximum absolute atomic E-state index is 12.5. The van der Waals surface area contributed by atoms with E-state index in [1.54, 1.807) is 11.3 Å². The fourth-order valence-corrected chi connectivity index (χ4v) is 4.42. The molecule has 0 radical (unpaired) electrons. The number of thiophene rings is 1. The highest BCUT2D eigenvalue weighted by Crippen LogP contribution is 2.42. The monoisotopic (exact) mass is 313 g/mol. The van der Waals surface area contributed by atoms with Gasteiger partial charge in [-0.3, -0.25) is 4.79 Å². The Morgan fingerprint density at radius 3 is 2.86 bits per heavy atom. The number of nitrogens with one attached hydrogen (secondary N) is 1. The van der Waals surface area contributed by atoms with E-state index in [-0.39, 0.29) is 5.91 Å². The van der Waals surface area contributed by atoms with Crippen LogP contribution < -0.4 is 10.1 Å². The average Bonchev–Trinajstić information content (AvgIpc) is 3.00. The first kappa shape index (κ1) is 13.8. The number of carbonyl (C=O) groups is 1. The van der Waals surface area contributed by atoms with Crippen LogP contribution in [0.4, 0.5) is 0 Å². The molecule has 2 heterocycles. The van der Waals surface area contributed by atoms with E-state index in [4.69, 9.17) is 4.74 Å². The summed E-state index contributed by atoms with van der Waals surface area (Å²) >= 11 is 1.58. The standard InChI is InChI=1S/C18H19NO2S/c20-18(19-13-6-2-1-3-7-13)16-10-12-11-21-15-9-5-4-8-14(15)17(12)22-16/h4-5,8-10,13H,1-3,6-7,11H2,(H,19,20). The number of rotatable bonds is 2. The zero-order valence-corrected chi connectivity index (χ0v) is 13.2. The fourth-order valence-electron chi connectivity index (χ4n) is 3.31. The van der Waals surface area contributed by atoms with Crippen LogP contribution in [0.25, 0.3) is 10.4 Å². The van der Waals surface area contributed by atoms with E-state index in [0.717, 1.165) is 34.6 Å². The molecule has 4 rings (SSSR count). The molecule has 0 spiro atoms. The lowest BCUT2D eigenvalue weighted by atomic mass is 9.95. The molecule has 1 aliphatic heterocycles. The molecular weight excluding hydrogens is 294 g/mol. The van der Waals surface area contributed by atoms with Crippen LogP contribution in [0.5, 0.6) is 5.75 Å². The maximum Gasteiger partial charge on any atom is 0.261 e. The number of fused-ring (bicyclic) bond motifs is 3. The van der Waals surface area contributed by atoms with Gasteiger partial charge < -0.3 is 10.1 Å². The molecular formula is C18H19NO2S. The SMILES string of the molecule is O=C(NC1CCCCC1)c1cc2c(s1)-c1ccccc1OC2. The van der Waals surface area contributed by atoms with E-state index in [2.05, 4.69) is 11.4 Å². The quantitative estimate of drug-likeness (QED) is 0.894. The lowest BCUT2D eigenvalue weighted by molar-refractivity contribution is 0.0932. The molecule has 1 aromatic carbocycles. The Labute approximate surface area is 134 Å². The molecule has 0 unspecified atom stereocenters. The fraction of sp³-hybridized carbons (Fsp3) is 0.389. The van der Waals surface area contributed by atoms with Crippen LogP contribution in [0.1, 0.15) is 47.3 Å². The van der Waals surface area contributed by atoms with Crippen LogP contribution in [-0.4, -0.2) is 11.9 Å². The van der Waals surface area contributed by atoms with Crippen molar-refractivity contribution in [2.24, 2.45) is 0 Å². The third-order valence-corrected chi connectivity index (χ3v) is 5.70. The van der Waals surface area contributed by atoms with Crippen LogP contribution in [-0.2, 0) is 6.61 Å². The highest BCUT2D eigenvalue weighted by atomic mass is 32.1. The second-order valence-corrected chi connectivity index (χ2v) is 7.11. The minimum absolute atomic E-state index is 0.0729. The van der Waals surface area contributed by atoms with Crippen molar-refractivity contribution in [2.45, 2.75) is 44.8 Å². The first-order valence-corrected chi connectivity index (χ1v) is 8.79. The van der Waals surface area contributed by atoms with E-state index in [1.165, 1.54) is 24.1 Å². The Balaban J connectivity index is 1.57.